The fourth-order valence-electron chi connectivity index (χ4n) is 4.03. The molecule has 2 aliphatic rings. The number of hydrogen-bond acceptors (Lipinski definition) is 9. The summed E-state index contributed by atoms with van der Waals surface area (Å²) in [6.07, 6.45) is 0.950. The summed E-state index contributed by atoms with van der Waals surface area (Å²) in [7, 11) is 2.00. The van der Waals surface area contributed by atoms with E-state index in [1.165, 1.54) is 0 Å². The molecule has 39 heavy (non-hydrogen) atoms. The van der Waals surface area contributed by atoms with Crippen LogP contribution in [0.1, 0.15) is 46.1 Å². The second-order valence-corrected chi connectivity index (χ2v) is 11.0. The van der Waals surface area contributed by atoms with Crippen LogP contribution in [-0.4, -0.2) is 92.8 Å². The van der Waals surface area contributed by atoms with Crippen molar-refractivity contribution in [1.82, 2.24) is 31.1 Å². The number of piperazine rings is 1. The molecule has 2 aliphatic heterocycles. The SMILES string of the molecule is CCNC(=O)NC1=Nc2cc(OCCCC(=O)NC3CNCCN3C)ccc2CN1CC(=O)OCC(C)(C)C. The number of ether oxygens (including phenoxy) is 2. The van der Waals surface area contributed by atoms with Gasteiger partial charge in [0.05, 0.1) is 25.1 Å². The Morgan fingerprint density at radius 2 is 2.03 bits per heavy atom. The lowest BCUT2D eigenvalue weighted by molar-refractivity contribution is -0.146. The molecule has 1 saturated heterocycles. The van der Waals surface area contributed by atoms with Crippen molar-refractivity contribution in [1.29, 1.82) is 0 Å². The van der Waals surface area contributed by atoms with Crippen LogP contribution in [0.2, 0.25) is 0 Å². The number of nitrogens with one attached hydrogen (secondary N) is 4. The minimum atomic E-state index is -0.409. The molecule has 12 nitrogen and oxygen atoms in total. The number of fused-ring (bicyclic) bond motifs is 1. The number of guanidine groups is 1. The number of hydrogen-bond donors (Lipinski definition) is 4. The Balaban J connectivity index is 1.57. The van der Waals surface area contributed by atoms with Gasteiger partial charge in [0.25, 0.3) is 0 Å². The number of aliphatic imine (C=N–C) groups is 1. The highest BCUT2D eigenvalue weighted by atomic mass is 16.5. The van der Waals surface area contributed by atoms with Crippen molar-refractivity contribution in [2.75, 3.05) is 53.0 Å². The van der Waals surface area contributed by atoms with Gasteiger partial charge in [-0.1, -0.05) is 26.8 Å². The molecular formula is C27H43N7O5. The van der Waals surface area contributed by atoms with Crippen molar-refractivity contribution >= 4 is 29.6 Å². The van der Waals surface area contributed by atoms with E-state index in [2.05, 4.69) is 31.2 Å². The summed E-state index contributed by atoms with van der Waals surface area (Å²) >= 11 is 0. The van der Waals surface area contributed by atoms with E-state index in [0.717, 1.165) is 25.2 Å². The highest BCUT2D eigenvalue weighted by molar-refractivity contribution is 5.99. The zero-order valence-corrected chi connectivity index (χ0v) is 23.8. The Labute approximate surface area is 230 Å². The smallest absolute Gasteiger partial charge is 0.325 e. The summed E-state index contributed by atoms with van der Waals surface area (Å²) in [6.45, 7) is 11.8. The maximum absolute atomic E-state index is 12.5. The first-order chi connectivity index (χ1) is 18.5. The second kappa shape index (κ2) is 14.1. The van der Waals surface area contributed by atoms with Gasteiger partial charge in [0.1, 0.15) is 12.3 Å². The predicted octanol–water partition coefficient (Wildman–Crippen LogP) is 1.53. The van der Waals surface area contributed by atoms with Crippen LogP contribution < -0.4 is 26.0 Å². The Bertz CT molecular complexity index is 1040. The molecule has 3 amide bonds. The van der Waals surface area contributed by atoms with Crippen LogP contribution >= 0.6 is 0 Å². The minimum Gasteiger partial charge on any atom is -0.494 e. The lowest BCUT2D eigenvalue weighted by Gasteiger charge is -2.33. The molecule has 0 aliphatic carbocycles. The van der Waals surface area contributed by atoms with Crippen LogP contribution in [0.15, 0.2) is 23.2 Å². The zero-order chi connectivity index (χ0) is 28.4. The maximum atomic E-state index is 12.5. The summed E-state index contributed by atoms with van der Waals surface area (Å²) in [5, 5.41) is 11.7. The summed E-state index contributed by atoms with van der Waals surface area (Å²) in [4.78, 5) is 45.5. The largest absolute Gasteiger partial charge is 0.494 e. The Hall–Kier alpha value is -3.38. The third kappa shape index (κ3) is 10.0. The van der Waals surface area contributed by atoms with Crippen molar-refractivity contribution in [2.24, 2.45) is 10.4 Å². The molecular weight excluding hydrogens is 502 g/mol. The Morgan fingerprint density at radius 1 is 1.23 bits per heavy atom. The molecule has 0 saturated carbocycles. The molecule has 1 fully saturated rings. The monoisotopic (exact) mass is 545 g/mol. The predicted molar refractivity (Wildman–Crippen MR) is 149 cm³/mol. The van der Waals surface area contributed by atoms with Gasteiger partial charge in [-0.2, -0.15) is 0 Å². The molecule has 1 unspecified atom stereocenters. The molecule has 216 valence electrons. The van der Waals surface area contributed by atoms with E-state index in [-0.39, 0.29) is 30.0 Å². The minimum absolute atomic E-state index is 0.00335. The number of benzene rings is 1. The molecule has 3 rings (SSSR count). The highest BCUT2D eigenvalue weighted by Gasteiger charge is 2.25. The standard InChI is InChI=1S/C27H43N7O5/c1-6-29-26(37)32-25-30-21-14-20(38-13-7-8-23(35)31-22-15-28-11-12-33(22)5)10-9-19(21)16-34(25)17-24(36)39-18-27(2,3)4/h9-10,14,22,28H,6-8,11-13,15-18H2,1-5H3,(H,31,35)(H2,29,30,32,37). The van der Waals surface area contributed by atoms with Crippen molar-refractivity contribution in [3.05, 3.63) is 23.8 Å². The van der Waals surface area contributed by atoms with Crippen LogP contribution in [0, 0.1) is 5.41 Å². The zero-order valence-electron chi connectivity index (χ0n) is 23.8. The van der Waals surface area contributed by atoms with Crippen LogP contribution in [0.4, 0.5) is 10.5 Å². The third-order valence-corrected chi connectivity index (χ3v) is 6.15. The van der Waals surface area contributed by atoms with Crippen LogP contribution in [-0.2, 0) is 20.9 Å². The van der Waals surface area contributed by atoms with E-state index in [1.54, 1.807) is 11.0 Å². The molecule has 12 heteroatoms. The molecule has 0 aromatic heterocycles. The number of nitrogens with zero attached hydrogens (tertiary/aromatic N) is 3. The van der Waals surface area contributed by atoms with E-state index < -0.39 is 12.0 Å². The van der Waals surface area contributed by atoms with Gasteiger partial charge in [-0.05, 0) is 37.4 Å². The summed E-state index contributed by atoms with van der Waals surface area (Å²) in [5.74, 6) is 0.479. The molecule has 1 atom stereocenters. The van der Waals surface area contributed by atoms with Gasteiger partial charge in [0.2, 0.25) is 11.9 Å². The second-order valence-electron chi connectivity index (χ2n) is 11.0. The fraction of sp³-hybridized carbons (Fsp3) is 0.630. The number of urea groups is 1. The van der Waals surface area contributed by atoms with E-state index in [4.69, 9.17) is 9.47 Å². The first-order valence-electron chi connectivity index (χ1n) is 13.5. The molecule has 1 aromatic carbocycles. The van der Waals surface area contributed by atoms with Gasteiger partial charge >= 0.3 is 12.0 Å². The summed E-state index contributed by atoms with van der Waals surface area (Å²) < 4.78 is 11.3. The van der Waals surface area contributed by atoms with Gasteiger partial charge in [-0.3, -0.25) is 19.8 Å². The number of carbonyl (C=O) groups excluding carboxylic acids is 3. The van der Waals surface area contributed by atoms with E-state index in [9.17, 15) is 14.4 Å². The van der Waals surface area contributed by atoms with Crippen molar-refractivity contribution < 1.29 is 23.9 Å². The van der Waals surface area contributed by atoms with Gasteiger partial charge in [-0.25, -0.2) is 9.79 Å². The molecule has 4 N–H and O–H groups in total. The Morgan fingerprint density at radius 3 is 2.74 bits per heavy atom. The number of esters is 1. The fourth-order valence-corrected chi connectivity index (χ4v) is 4.03. The first-order valence-corrected chi connectivity index (χ1v) is 13.5. The first kappa shape index (κ1) is 30.2. The van der Waals surface area contributed by atoms with Crippen molar-refractivity contribution in [3.63, 3.8) is 0 Å². The lowest BCUT2D eigenvalue weighted by Crippen LogP contribution is -2.57. The molecule has 0 spiro atoms. The van der Waals surface area contributed by atoms with Crippen molar-refractivity contribution in [3.8, 4) is 5.75 Å². The third-order valence-electron chi connectivity index (χ3n) is 6.15. The number of likely N-dealkylation sites (N-methyl/N-ethyl adjacent to an activating group) is 1. The molecule has 0 radical (unpaired) electrons. The van der Waals surface area contributed by atoms with Crippen LogP contribution in [0.25, 0.3) is 0 Å². The number of amides is 3. The maximum Gasteiger partial charge on any atom is 0.325 e. The number of rotatable bonds is 10. The van der Waals surface area contributed by atoms with Crippen molar-refractivity contribution in [2.45, 2.75) is 53.2 Å². The van der Waals surface area contributed by atoms with Crippen LogP contribution in [0.5, 0.6) is 5.75 Å². The molecule has 2 heterocycles. The van der Waals surface area contributed by atoms with E-state index in [0.29, 0.717) is 50.6 Å². The average Bonchev–Trinajstić information content (AvgIpc) is 2.87. The van der Waals surface area contributed by atoms with E-state index >= 15 is 0 Å². The summed E-state index contributed by atoms with van der Waals surface area (Å²) in [5.41, 5.74) is 1.38. The van der Waals surface area contributed by atoms with Gasteiger partial charge in [-0.15, -0.1) is 0 Å². The summed E-state index contributed by atoms with van der Waals surface area (Å²) in [6, 6.07) is 5.12. The number of carbonyl (C=O) groups is 3. The normalized spacial score (nSPS) is 17.5. The van der Waals surface area contributed by atoms with Gasteiger partial charge < -0.3 is 30.3 Å². The average molecular weight is 546 g/mol. The lowest BCUT2D eigenvalue weighted by atomic mass is 9.99. The van der Waals surface area contributed by atoms with Gasteiger partial charge in [0, 0.05) is 45.2 Å². The molecule has 0 bridgehead atoms. The van der Waals surface area contributed by atoms with Crippen LogP contribution in [0.3, 0.4) is 0 Å². The topological polar surface area (TPSA) is 137 Å². The van der Waals surface area contributed by atoms with E-state index in [1.807, 2.05) is 46.9 Å². The Kier molecular flexibility index (Phi) is 10.9. The molecule has 1 aromatic rings. The highest BCUT2D eigenvalue weighted by Crippen LogP contribution is 2.30. The quantitative estimate of drug-likeness (QED) is 0.257. The van der Waals surface area contributed by atoms with Gasteiger partial charge in [0.15, 0.2) is 0 Å².